The Balaban J connectivity index is 2.47. The standard InChI is InChI=1S/C15H30O5/c1-3-5-6-7-13-15(19-10-11(17)9-16)8-14(20-13)12(18)4-2/h11-18H,3-10H2,1-2H3. The van der Waals surface area contributed by atoms with Gasteiger partial charge in [-0.1, -0.05) is 33.1 Å². The van der Waals surface area contributed by atoms with Gasteiger partial charge in [-0.25, -0.2) is 0 Å². The molecule has 1 aliphatic heterocycles. The quantitative estimate of drug-likeness (QED) is 0.527. The van der Waals surface area contributed by atoms with E-state index in [0.29, 0.717) is 12.8 Å². The van der Waals surface area contributed by atoms with E-state index in [1.165, 1.54) is 0 Å². The van der Waals surface area contributed by atoms with Crippen molar-refractivity contribution in [3.8, 4) is 0 Å². The summed E-state index contributed by atoms with van der Waals surface area (Å²) in [5, 5.41) is 28.1. The second-order valence-corrected chi connectivity index (χ2v) is 5.63. The van der Waals surface area contributed by atoms with Gasteiger partial charge in [0.05, 0.1) is 37.6 Å². The summed E-state index contributed by atoms with van der Waals surface area (Å²) in [6.07, 6.45) is 4.04. The predicted molar refractivity (Wildman–Crippen MR) is 76.6 cm³/mol. The molecule has 0 saturated carbocycles. The van der Waals surface area contributed by atoms with E-state index in [-0.39, 0.29) is 31.5 Å². The summed E-state index contributed by atoms with van der Waals surface area (Å²) in [6.45, 7) is 3.91. The van der Waals surface area contributed by atoms with Crippen molar-refractivity contribution in [2.45, 2.75) is 82.9 Å². The smallest absolute Gasteiger partial charge is 0.100 e. The molecule has 0 radical (unpaired) electrons. The Bertz CT molecular complexity index is 248. The molecule has 120 valence electrons. The summed E-state index contributed by atoms with van der Waals surface area (Å²) >= 11 is 0. The zero-order chi connectivity index (χ0) is 15.0. The molecule has 0 bridgehead atoms. The number of ether oxygens (including phenoxy) is 2. The summed E-state index contributed by atoms with van der Waals surface area (Å²) in [5.74, 6) is 0. The van der Waals surface area contributed by atoms with Gasteiger partial charge in [0.25, 0.3) is 0 Å². The second kappa shape index (κ2) is 9.68. The van der Waals surface area contributed by atoms with Gasteiger partial charge in [-0.3, -0.25) is 0 Å². The highest BCUT2D eigenvalue weighted by molar-refractivity contribution is 4.87. The number of rotatable bonds is 10. The van der Waals surface area contributed by atoms with Crippen LogP contribution in [0.3, 0.4) is 0 Å². The number of aliphatic hydroxyl groups excluding tert-OH is 3. The molecule has 0 aromatic heterocycles. The van der Waals surface area contributed by atoms with Gasteiger partial charge in [0.1, 0.15) is 6.10 Å². The lowest BCUT2D eigenvalue weighted by molar-refractivity contribution is -0.0731. The average Bonchev–Trinajstić information content (AvgIpc) is 2.87. The number of unbranched alkanes of at least 4 members (excludes halogenated alkanes) is 2. The SMILES string of the molecule is CCCCCC1OC(C(O)CC)CC1OCC(O)CO. The Kier molecular flexibility index (Phi) is 8.64. The van der Waals surface area contributed by atoms with Crippen molar-refractivity contribution in [1.82, 2.24) is 0 Å². The molecule has 5 heteroatoms. The number of hydrogen-bond donors (Lipinski definition) is 3. The highest BCUT2D eigenvalue weighted by Gasteiger charge is 2.38. The van der Waals surface area contributed by atoms with Crippen molar-refractivity contribution in [2.75, 3.05) is 13.2 Å². The molecule has 1 saturated heterocycles. The molecule has 0 aromatic carbocycles. The van der Waals surface area contributed by atoms with Gasteiger partial charge >= 0.3 is 0 Å². The van der Waals surface area contributed by atoms with E-state index in [1.54, 1.807) is 0 Å². The second-order valence-electron chi connectivity index (χ2n) is 5.63. The summed E-state index contributed by atoms with van der Waals surface area (Å²) < 4.78 is 11.6. The molecule has 1 heterocycles. The Morgan fingerprint density at radius 1 is 1.25 bits per heavy atom. The monoisotopic (exact) mass is 290 g/mol. The summed E-state index contributed by atoms with van der Waals surface area (Å²) in [6, 6.07) is 0. The third-order valence-electron chi connectivity index (χ3n) is 3.88. The predicted octanol–water partition coefficient (Wildman–Crippen LogP) is 1.23. The van der Waals surface area contributed by atoms with Gasteiger partial charge in [0.15, 0.2) is 0 Å². The van der Waals surface area contributed by atoms with Crippen molar-refractivity contribution in [2.24, 2.45) is 0 Å². The fraction of sp³-hybridized carbons (Fsp3) is 1.00. The van der Waals surface area contributed by atoms with Gasteiger partial charge in [-0.05, 0) is 12.8 Å². The maximum Gasteiger partial charge on any atom is 0.100 e. The van der Waals surface area contributed by atoms with E-state index in [0.717, 1.165) is 25.7 Å². The van der Waals surface area contributed by atoms with Crippen LogP contribution in [0.5, 0.6) is 0 Å². The molecule has 0 spiro atoms. The van der Waals surface area contributed by atoms with E-state index in [1.807, 2.05) is 6.92 Å². The van der Waals surface area contributed by atoms with Crippen LogP contribution in [0.25, 0.3) is 0 Å². The molecule has 5 atom stereocenters. The minimum atomic E-state index is -0.846. The van der Waals surface area contributed by atoms with Crippen LogP contribution in [0, 0.1) is 0 Å². The highest BCUT2D eigenvalue weighted by Crippen LogP contribution is 2.29. The van der Waals surface area contributed by atoms with E-state index in [9.17, 15) is 10.2 Å². The molecule has 1 fully saturated rings. The van der Waals surface area contributed by atoms with Crippen molar-refractivity contribution in [1.29, 1.82) is 0 Å². The molecule has 0 amide bonds. The average molecular weight is 290 g/mol. The van der Waals surface area contributed by atoms with Gasteiger partial charge in [0, 0.05) is 6.42 Å². The Morgan fingerprint density at radius 3 is 2.60 bits per heavy atom. The van der Waals surface area contributed by atoms with Crippen LogP contribution in [0.4, 0.5) is 0 Å². The van der Waals surface area contributed by atoms with Crippen molar-refractivity contribution in [3.63, 3.8) is 0 Å². The lowest BCUT2D eigenvalue weighted by Gasteiger charge is -2.20. The molecule has 0 aliphatic carbocycles. The molecule has 20 heavy (non-hydrogen) atoms. The number of hydrogen-bond acceptors (Lipinski definition) is 5. The first-order valence-corrected chi connectivity index (χ1v) is 7.86. The Morgan fingerprint density at radius 2 is 2.00 bits per heavy atom. The lowest BCUT2D eigenvalue weighted by Crippen LogP contribution is -2.29. The lowest BCUT2D eigenvalue weighted by atomic mass is 10.0. The van der Waals surface area contributed by atoms with Crippen LogP contribution in [-0.2, 0) is 9.47 Å². The van der Waals surface area contributed by atoms with Gasteiger partial charge in [-0.2, -0.15) is 0 Å². The third kappa shape index (κ3) is 5.66. The minimum absolute atomic E-state index is 0.0151. The summed E-state index contributed by atoms with van der Waals surface area (Å²) in [4.78, 5) is 0. The first-order chi connectivity index (χ1) is 9.62. The van der Waals surface area contributed by atoms with Crippen LogP contribution in [-0.4, -0.2) is 59.1 Å². The van der Waals surface area contributed by atoms with E-state index in [2.05, 4.69) is 6.92 Å². The molecule has 5 unspecified atom stereocenters. The first-order valence-electron chi connectivity index (χ1n) is 7.86. The zero-order valence-corrected chi connectivity index (χ0v) is 12.7. The van der Waals surface area contributed by atoms with Crippen LogP contribution in [0.1, 0.15) is 52.4 Å². The fourth-order valence-corrected chi connectivity index (χ4v) is 2.57. The van der Waals surface area contributed by atoms with Crippen molar-refractivity contribution >= 4 is 0 Å². The van der Waals surface area contributed by atoms with Crippen LogP contribution < -0.4 is 0 Å². The fourth-order valence-electron chi connectivity index (χ4n) is 2.57. The van der Waals surface area contributed by atoms with E-state index in [4.69, 9.17) is 14.6 Å². The Hall–Kier alpha value is -0.200. The number of aliphatic hydroxyl groups is 3. The van der Waals surface area contributed by atoms with Crippen LogP contribution in [0.15, 0.2) is 0 Å². The zero-order valence-electron chi connectivity index (χ0n) is 12.7. The highest BCUT2D eigenvalue weighted by atomic mass is 16.6. The Labute approximate surface area is 121 Å². The molecular formula is C15H30O5. The van der Waals surface area contributed by atoms with Gasteiger partial charge in [0.2, 0.25) is 0 Å². The van der Waals surface area contributed by atoms with E-state index >= 15 is 0 Å². The molecule has 5 nitrogen and oxygen atoms in total. The molecular weight excluding hydrogens is 260 g/mol. The maximum atomic E-state index is 9.92. The summed E-state index contributed by atoms with van der Waals surface area (Å²) in [7, 11) is 0. The van der Waals surface area contributed by atoms with Crippen LogP contribution in [0.2, 0.25) is 0 Å². The van der Waals surface area contributed by atoms with E-state index < -0.39 is 12.2 Å². The van der Waals surface area contributed by atoms with Crippen LogP contribution >= 0.6 is 0 Å². The first kappa shape index (κ1) is 17.9. The third-order valence-corrected chi connectivity index (χ3v) is 3.88. The largest absolute Gasteiger partial charge is 0.394 e. The molecule has 1 aliphatic rings. The van der Waals surface area contributed by atoms with Crippen molar-refractivity contribution in [3.05, 3.63) is 0 Å². The maximum absolute atomic E-state index is 9.92. The van der Waals surface area contributed by atoms with Gasteiger partial charge in [-0.15, -0.1) is 0 Å². The van der Waals surface area contributed by atoms with Crippen molar-refractivity contribution < 1.29 is 24.8 Å². The summed E-state index contributed by atoms with van der Waals surface area (Å²) in [5.41, 5.74) is 0. The van der Waals surface area contributed by atoms with Gasteiger partial charge < -0.3 is 24.8 Å². The molecule has 0 aromatic rings. The minimum Gasteiger partial charge on any atom is -0.394 e. The molecule has 1 rings (SSSR count). The molecule has 3 N–H and O–H groups in total. The normalized spacial score (nSPS) is 29.6. The topological polar surface area (TPSA) is 79.2 Å².